The summed E-state index contributed by atoms with van der Waals surface area (Å²) in [6.07, 6.45) is 2.66. The first-order valence-electron chi connectivity index (χ1n) is 5.09. The predicted octanol–water partition coefficient (Wildman–Crippen LogP) is 3.46. The summed E-state index contributed by atoms with van der Waals surface area (Å²) >= 11 is 0. The van der Waals surface area contributed by atoms with Gasteiger partial charge in [-0.05, 0) is 55.9 Å². The lowest BCUT2D eigenvalue weighted by molar-refractivity contribution is 0.842. The fraction of sp³-hybridized carbons (Fsp3) is 0.462. The van der Waals surface area contributed by atoms with Gasteiger partial charge in [-0.2, -0.15) is 5.26 Å². The van der Waals surface area contributed by atoms with Gasteiger partial charge in [0.1, 0.15) is 0 Å². The summed E-state index contributed by atoms with van der Waals surface area (Å²) in [5.74, 6) is 0. The Morgan fingerprint density at radius 1 is 1.14 bits per heavy atom. The molecule has 1 heteroatoms. The Balaban J connectivity index is 2.79. The zero-order valence-corrected chi connectivity index (χ0v) is 9.22. The second-order valence-corrected chi connectivity index (χ2v) is 3.80. The summed E-state index contributed by atoms with van der Waals surface area (Å²) < 4.78 is 0. The Hall–Kier alpha value is -1.29. The van der Waals surface area contributed by atoms with E-state index in [1.54, 1.807) is 0 Å². The summed E-state index contributed by atoms with van der Waals surface area (Å²) in [6, 6.07) is 6.54. The summed E-state index contributed by atoms with van der Waals surface area (Å²) in [6.45, 7) is 6.48. The molecular weight excluding hydrogens is 170 g/mol. The molecule has 0 saturated heterocycles. The van der Waals surface area contributed by atoms with Crippen molar-refractivity contribution in [2.75, 3.05) is 0 Å². The molecule has 0 saturated carbocycles. The van der Waals surface area contributed by atoms with Gasteiger partial charge in [0.05, 0.1) is 6.07 Å². The lowest BCUT2D eigenvalue weighted by Crippen LogP contribution is -1.94. The first-order chi connectivity index (χ1) is 6.66. The largest absolute Gasteiger partial charge is 0.198 e. The molecule has 1 aromatic rings. The topological polar surface area (TPSA) is 23.8 Å². The first-order valence-corrected chi connectivity index (χ1v) is 5.09. The number of benzene rings is 1. The highest BCUT2D eigenvalue weighted by Gasteiger charge is 2.02. The smallest absolute Gasteiger partial charge is 0.0621 e. The average Bonchev–Trinajstić information content (AvgIpc) is 2.18. The van der Waals surface area contributed by atoms with Gasteiger partial charge < -0.3 is 0 Å². The minimum atomic E-state index is 0.659. The molecule has 0 unspecified atom stereocenters. The van der Waals surface area contributed by atoms with Crippen LogP contribution in [0.15, 0.2) is 12.1 Å². The van der Waals surface area contributed by atoms with E-state index in [0.717, 1.165) is 12.8 Å². The molecule has 74 valence electrons. The van der Waals surface area contributed by atoms with E-state index in [1.807, 2.05) is 0 Å². The number of hydrogen-bond donors (Lipinski definition) is 0. The minimum Gasteiger partial charge on any atom is -0.198 e. The standard InChI is InChI=1S/C13H17N/c1-10-7-8-13(6-4-5-9-14)12(3)11(10)2/h7-8H,4-6H2,1-3H3. The number of aryl methyl sites for hydroxylation is 2. The van der Waals surface area contributed by atoms with E-state index in [-0.39, 0.29) is 0 Å². The fourth-order valence-corrected chi connectivity index (χ4v) is 1.64. The van der Waals surface area contributed by atoms with Gasteiger partial charge in [0.2, 0.25) is 0 Å². The van der Waals surface area contributed by atoms with Gasteiger partial charge in [-0.15, -0.1) is 0 Å². The number of unbranched alkanes of at least 4 members (excludes halogenated alkanes) is 1. The van der Waals surface area contributed by atoms with Gasteiger partial charge in [-0.1, -0.05) is 12.1 Å². The zero-order valence-electron chi connectivity index (χ0n) is 9.22. The van der Waals surface area contributed by atoms with Gasteiger partial charge in [0, 0.05) is 6.42 Å². The highest BCUT2D eigenvalue weighted by molar-refractivity contribution is 5.38. The minimum absolute atomic E-state index is 0.659. The molecule has 0 aliphatic rings. The van der Waals surface area contributed by atoms with Crippen molar-refractivity contribution in [1.29, 1.82) is 5.26 Å². The van der Waals surface area contributed by atoms with Crippen LogP contribution in [0.4, 0.5) is 0 Å². The van der Waals surface area contributed by atoms with E-state index in [2.05, 4.69) is 39.0 Å². The van der Waals surface area contributed by atoms with Crippen molar-refractivity contribution >= 4 is 0 Å². The van der Waals surface area contributed by atoms with Crippen LogP contribution in [0.2, 0.25) is 0 Å². The predicted molar refractivity (Wildman–Crippen MR) is 59.2 cm³/mol. The van der Waals surface area contributed by atoms with Crippen molar-refractivity contribution in [3.63, 3.8) is 0 Å². The Morgan fingerprint density at radius 3 is 2.50 bits per heavy atom. The van der Waals surface area contributed by atoms with Crippen LogP contribution in [0.25, 0.3) is 0 Å². The lowest BCUT2D eigenvalue weighted by atomic mass is 9.96. The molecule has 0 aromatic heterocycles. The quantitative estimate of drug-likeness (QED) is 0.665. The lowest BCUT2D eigenvalue weighted by Gasteiger charge is -2.10. The average molecular weight is 187 g/mol. The van der Waals surface area contributed by atoms with Crippen molar-refractivity contribution in [2.45, 2.75) is 40.0 Å². The normalized spacial score (nSPS) is 9.86. The molecule has 0 amide bonds. The second-order valence-electron chi connectivity index (χ2n) is 3.80. The molecule has 0 N–H and O–H groups in total. The number of hydrogen-bond acceptors (Lipinski definition) is 1. The van der Waals surface area contributed by atoms with Crippen molar-refractivity contribution in [2.24, 2.45) is 0 Å². The van der Waals surface area contributed by atoms with E-state index >= 15 is 0 Å². The molecule has 0 spiro atoms. The molecule has 14 heavy (non-hydrogen) atoms. The third-order valence-electron chi connectivity index (χ3n) is 2.90. The molecule has 0 aliphatic carbocycles. The summed E-state index contributed by atoms with van der Waals surface area (Å²) in [5.41, 5.74) is 5.53. The van der Waals surface area contributed by atoms with Crippen LogP contribution in [0.5, 0.6) is 0 Å². The van der Waals surface area contributed by atoms with Crippen molar-refractivity contribution in [1.82, 2.24) is 0 Å². The second kappa shape index (κ2) is 4.81. The van der Waals surface area contributed by atoms with Gasteiger partial charge in [-0.3, -0.25) is 0 Å². The summed E-state index contributed by atoms with van der Waals surface area (Å²) in [7, 11) is 0. The molecule has 1 aromatic carbocycles. The Morgan fingerprint density at radius 2 is 1.86 bits per heavy atom. The van der Waals surface area contributed by atoms with Crippen molar-refractivity contribution in [3.8, 4) is 6.07 Å². The van der Waals surface area contributed by atoms with Gasteiger partial charge in [0.15, 0.2) is 0 Å². The maximum Gasteiger partial charge on any atom is 0.0621 e. The Labute approximate surface area is 86.4 Å². The van der Waals surface area contributed by atoms with E-state index in [9.17, 15) is 0 Å². The van der Waals surface area contributed by atoms with E-state index < -0.39 is 0 Å². The van der Waals surface area contributed by atoms with Gasteiger partial charge >= 0.3 is 0 Å². The molecule has 0 heterocycles. The van der Waals surface area contributed by atoms with Crippen LogP contribution in [0.3, 0.4) is 0 Å². The monoisotopic (exact) mass is 187 g/mol. The van der Waals surface area contributed by atoms with Crippen LogP contribution in [0, 0.1) is 32.1 Å². The third kappa shape index (κ3) is 2.35. The highest BCUT2D eigenvalue weighted by Crippen LogP contribution is 2.18. The van der Waals surface area contributed by atoms with E-state index in [0.29, 0.717) is 6.42 Å². The molecular formula is C13H17N. The van der Waals surface area contributed by atoms with E-state index in [4.69, 9.17) is 5.26 Å². The maximum atomic E-state index is 8.46. The maximum absolute atomic E-state index is 8.46. The molecule has 0 atom stereocenters. The van der Waals surface area contributed by atoms with E-state index in [1.165, 1.54) is 22.3 Å². The molecule has 0 fully saturated rings. The van der Waals surface area contributed by atoms with Crippen LogP contribution in [-0.2, 0) is 6.42 Å². The van der Waals surface area contributed by atoms with Crippen LogP contribution >= 0.6 is 0 Å². The highest BCUT2D eigenvalue weighted by atomic mass is 14.2. The Bertz CT molecular complexity index is 358. The van der Waals surface area contributed by atoms with Crippen LogP contribution < -0.4 is 0 Å². The molecule has 1 rings (SSSR count). The van der Waals surface area contributed by atoms with Crippen molar-refractivity contribution < 1.29 is 0 Å². The summed E-state index contributed by atoms with van der Waals surface area (Å²) in [4.78, 5) is 0. The zero-order chi connectivity index (χ0) is 10.6. The number of nitrogens with zero attached hydrogens (tertiary/aromatic N) is 1. The third-order valence-corrected chi connectivity index (χ3v) is 2.90. The first kappa shape index (κ1) is 10.8. The SMILES string of the molecule is Cc1ccc(CCCC#N)c(C)c1C. The molecule has 0 aliphatic heterocycles. The molecule has 1 nitrogen and oxygen atoms in total. The Kier molecular flexibility index (Phi) is 3.71. The van der Waals surface area contributed by atoms with Gasteiger partial charge in [0.25, 0.3) is 0 Å². The van der Waals surface area contributed by atoms with Gasteiger partial charge in [-0.25, -0.2) is 0 Å². The van der Waals surface area contributed by atoms with Crippen LogP contribution in [-0.4, -0.2) is 0 Å². The fourth-order valence-electron chi connectivity index (χ4n) is 1.64. The van der Waals surface area contributed by atoms with Crippen molar-refractivity contribution in [3.05, 3.63) is 34.4 Å². The molecule has 0 radical (unpaired) electrons. The van der Waals surface area contributed by atoms with Crippen LogP contribution in [0.1, 0.15) is 35.1 Å². The molecule has 0 bridgehead atoms. The number of rotatable bonds is 3. The summed E-state index contributed by atoms with van der Waals surface area (Å²) in [5, 5.41) is 8.46. The number of nitriles is 1.